The largest absolute Gasteiger partial charge is 0.486 e. The number of carbonyl (C=O) groups is 2. The second kappa shape index (κ2) is 7.92. The molecule has 0 radical (unpaired) electrons. The number of anilines is 2. The summed E-state index contributed by atoms with van der Waals surface area (Å²) in [5, 5.41) is 7.94. The van der Waals surface area contributed by atoms with Gasteiger partial charge in [0.25, 0.3) is 11.8 Å². The maximum atomic E-state index is 12.5. The van der Waals surface area contributed by atoms with Crippen molar-refractivity contribution in [3.8, 4) is 11.5 Å². The van der Waals surface area contributed by atoms with Crippen LogP contribution in [0.4, 0.5) is 11.4 Å². The van der Waals surface area contributed by atoms with E-state index in [1.807, 2.05) is 31.2 Å². The molecule has 0 fully saturated rings. The standard InChI is InChI=1S/C21H19N3O4S/c1-12-3-6-15(7-4-12)27-10-19-23-17(11-29-19)21(26)22-14-5-8-18-16(9-14)24-20(25)13(2)28-18/h3-9,11,13H,10H2,1-2H3,(H,22,26)(H,24,25)/t13-/m1/s1. The molecule has 2 N–H and O–H groups in total. The summed E-state index contributed by atoms with van der Waals surface area (Å²) in [5.74, 6) is 0.765. The minimum Gasteiger partial charge on any atom is -0.486 e. The van der Waals surface area contributed by atoms with E-state index in [2.05, 4.69) is 15.6 Å². The van der Waals surface area contributed by atoms with Crippen LogP contribution in [0.15, 0.2) is 47.8 Å². The summed E-state index contributed by atoms with van der Waals surface area (Å²) in [5.41, 5.74) is 2.53. The van der Waals surface area contributed by atoms with Crippen molar-refractivity contribution in [2.75, 3.05) is 10.6 Å². The SMILES string of the molecule is Cc1ccc(OCc2nc(C(=O)Nc3ccc4c(c3)NC(=O)[C@@H](C)O4)cs2)cc1. The normalized spacial score (nSPS) is 15.1. The number of nitrogens with one attached hydrogen (secondary N) is 2. The van der Waals surface area contributed by atoms with Gasteiger partial charge in [0.05, 0.1) is 5.69 Å². The molecular weight excluding hydrogens is 390 g/mol. The number of hydrogen-bond acceptors (Lipinski definition) is 6. The van der Waals surface area contributed by atoms with Crippen LogP contribution in [0, 0.1) is 6.92 Å². The van der Waals surface area contributed by atoms with Gasteiger partial charge >= 0.3 is 0 Å². The van der Waals surface area contributed by atoms with Gasteiger partial charge in [-0.05, 0) is 44.2 Å². The van der Waals surface area contributed by atoms with E-state index in [-0.39, 0.29) is 11.8 Å². The molecule has 3 aromatic rings. The third-order valence-corrected chi connectivity index (χ3v) is 5.16. The molecule has 0 saturated heterocycles. The van der Waals surface area contributed by atoms with Gasteiger partial charge in [0.1, 0.15) is 28.8 Å². The van der Waals surface area contributed by atoms with E-state index in [1.54, 1.807) is 30.5 Å². The van der Waals surface area contributed by atoms with Crippen LogP contribution in [0.3, 0.4) is 0 Å². The van der Waals surface area contributed by atoms with Crippen molar-refractivity contribution in [3.05, 3.63) is 64.1 Å². The van der Waals surface area contributed by atoms with Gasteiger partial charge in [-0.1, -0.05) is 17.7 Å². The number of nitrogens with zero attached hydrogens (tertiary/aromatic N) is 1. The first-order valence-corrected chi connectivity index (χ1v) is 9.93. The molecule has 0 spiro atoms. The Balaban J connectivity index is 1.38. The Bertz CT molecular complexity index is 1060. The van der Waals surface area contributed by atoms with Gasteiger partial charge in [-0.15, -0.1) is 11.3 Å². The van der Waals surface area contributed by atoms with E-state index in [1.165, 1.54) is 11.3 Å². The molecule has 148 valence electrons. The summed E-state index contributed by atoms with van der Waals surface area (Å²) in [4.78, 5) is 28.6. The van der Waals surface area contributed by atoms with Gasteiger partial charge in [-0.2, -0.15) is 0 Å². The number of hydrogen-bond donors (Lipinski definition) is 2. The fourth-order valence-electron chi connectivity index (χ4n) is 2.74. The number of rotatable bonds is 5. The van der Waals surface area contributed by atoms with Crippen LogP contribution in [0.25, 0.3) is 0 Å². The predicted octanol–water partition coefficient (Wildman–Crippen LogP) is 4.00. The van der Waals surface area contributed by atoms with Crippen molar-refractivity contribution in [1.82, 2.24) is 4.98 Å². The van der Waals surface area contributed by atoms with Crippen LogP contribution in [-0.4, -0.2) is 22.9 Å². The number of carbonyl (C=O) groups excluding carboxylic acids is 2. The lowest BCUT2D eigenvalue weighted by atomic mass is 10.2. The highest BCUT2D eigenvalue weighted by Gasteiger charge is 2.23. The predicted molar refractivity (Wildman–Crippen MR) is 111 cm³/mol. The number of amides is 2. The van der Waals surface area contributed by atoms with Crippen molar-refractivity contribution < 1.29 is 19.1 Å². The third kappa shape index (κ3) is 4.38. The molecule has 2 aromatic carbocycles. The molecule has 1 aromatic heterocycles. The molecular formula is C21H19N3O4S. The third-order valence-electron chi connectivity index (χ3n) is 4.34. The first kappa shape index (κ1) is 18.9. The lowest BCUT2D eigenvalue weighted by molar-refractivity contribution is -0.122. The molecule has 0 saturated carbocycles. The van der Waals surface area contributed by atoms with E-state index in [0.717, 1.165) is 11.3 Å². The second-order valence-electron chi connectivity index (χ2n) is 6.64. The second-order valence-corrected chi connectivity index (χ2v) is 7.59. The quantitative estimate of drug-likeness (QED) is 0.665. The summed E-state index contributed by atoms with van der Waals surface area (Å²) < 4.78 is 11.2. The molecule has 7 nitrogen and oxygen atoms in total. The number of thiazole rings is 1. The van der Waals surface area contributed by atoms with Crippen LogP contribution in [0.1, 0.15) is 28.0 Å². The van der Waals surface area contributed by atoms with E-state index >= 15 is 0 Å². The minimum absolute atomic E-state index is 0.223. The highest BCUT2D eigenvalue weighted by Crippen LogP contribution is 2.32. The lowest BCUT2D eigenvalue weighted by Gasteiger charge is -2.23. The molecule has 2 heterocycles. The van der Waals surface area contributed by atoms with E-state index in [9.17, 15) is 9.59 Å². The van der Waals surface area contributed by atoms with Crippen LogP contribution >= 0.6 is 11.3 Å². The molecule has 1 atom stereocenters. The van der Waals surface area contributed by atoms with Crippen LogP contribution in [0.2, 0.25) is 0 Å². The molecule has 8 heteroatoms. The highest BCUT2D eigenvalue weighted by molar-refractivity contribution is 7.09. The summed E-state index contributed by atoms with van der Waals surface area (Å²) >= 11 is 1.36. The van der Waals surface area contributed by atoms with Gasteiger partial charge in [0.15, 0.2) is 6.10 Å². The van der Waals surface area contributed by atoms with Crippen molar-refractivity contribution in [1.29, 1.82) is 0 Å². The molecule has 1 aliphatic heterocycles. The zero-order valence-corrected chi connectivity index (χ0v) is 16.7. The molecule has 29 heavy (non-hydrogen) atoms. The Morgan fingerprint density at radius 2 is 2.07 bits per heavy atom. The van der Waals surface area contributed by atoms with Gasteiger partial charge in [0, 0.05) is 11.1 Å². The first-order valence-electron chi connectivity index (χ1n) is 9.05. The summed E-state index contributed by atoms with van der Waals surface area (Å²) in [7, 11) is 0. The Hall–Kier alpha value is -3.39. The van der Waals surface area contributed by atoms with E-state index in [4.69, 9.17) is 9.47 Å². The van der Waals surface area contributed by atoms with E-state index < -0.39 is 6.10 Å². The van der Waals surface area contributed by atoms with Crippen LogP contribution in [0.5, 0.6) is 11.5 Å². The minimum atomic E-state index is -0.543. The molecule has 4 rings (SSSR count). The maximum Gasteiger partial charge on any atom is 0.275 e. The zero-order valence-electron chi connectivity index (χ0n) is 15.9. The van der Waals surface area contributed by atoms with Crippen molar-refractivity contribution in [2.45, 2.75) is 26.6 Å². The molecule has 1 aliphatic rings. The number of aryl methyl sites for hydroxylation is 1. The van der Waals surface area contributed by atoms with Crippen molar-refractivity contribution >= 4 is 34.5 Å². The topological polar surface area (TPSA) is 89.5 Å². The number of benzene rings is 2. The summed E-state index contributed by atoms with van der Waals surface area (Å²) in [6.07, 6.45) is -0.543. The molecule has 0 bridgehead atoms. The summed E-state index contributed by atoms with van der Waals surface area (Å²) in [6.45, 7) is 3.98. The van der Waals surface area contributed by atoms with E-state index in [0.29, 0.717) is 34.4 Å². The molecule has 0 aliphatic carbocycles. The van der Waals surface area contributed by atoms with Crippen molar-refractivity contribution in [2.24, 2.45) is 0 Å². The maximum absolute atomic E-state index is 12.5. The number of aromatic nitrogens is 1. The van der Waals surface area contributed by atoms with Gasteiger partial charge < -0.3 is 20.1 Å². The Labute approximate surface area is 171 Å². The number of ether oxygens (including phenoxy) is 2. The average molecular weight is 409 g/mol. The fraction of sp³-hybridized carbons (Fsp3) is 0.190. The Morgan fingerprint density at radius 3 is 2.86 bits per heavy atom. The van der Waals surface area contributed by atoms with Gasteiger partial charge in [0.2, 0.25) is 0 Å². The van der Waals surface area contributed by atoms with Crippen molar-refractivity contribution in [3.63, 3.8) is 0 Å². The number of fused-ring (bicyclic) bond motifs is 1. The van der Waals surface area contributed by atoms with Gasteiger partial charge in [-0.3, -0.25) is 9.59 Å². The summed E-state index contributed by atoms with van der Waals surface area (Å²) in [6, 6.07) is 12.8. The Kier molecular flexibility index (Phi) is 5.18. The lowest BCUT2D eigenvalue weighted by Crippen LogP contribution is -2.34. The monoisotopic (exact) mass is 409 g/mol. The van der Waals surface area contributed by atoms with Crippen LogP contribution in [-0.2, 0) is 11.4 Å². The van der Waals surface area contributed by atoms with Crippen LogP contribution < -0.4 is 20.1 Å². The Morgan fingerprint density at radius 1 is 1.28 bits per heavy atom. The molecule has 0 unspecified atom stereocenters. The average Bonchev–Trinajstić information content (AvgIpc) is 3.18. The molecule has 2 amide bonds. The zero-order chi connectivity index (χ0) is 20.4. The smallest absolute Gasteiger partial charge is 0.275 e. The van der Waals surface area contributed by atoms with Gasteiger partial charge in [-0.25, -0.2) is 4.98 Å². The first-order chi connectivity index (χ1) is 14.0. The fourth-order valence-corrected chi connectivity index (χ4v) is 3.43. The highest BCUT2D eigenvalue weighted by atomic mass is 32.1.